The second kappa shape index (κ2) is 6.76. The van der Waals surface area contributed by atoms with Crippen molar-refractivity contribution >= 4 is 29.1 Å². The monoisotopic (exact) mass is 368 g/mol. The lowest BCUT2D eigenvalue weighted by molar-refractivity contribution is -0.130. The van der Waals surface area contributed by atoms with Crippen LogP contribution in [0, 0.1) is 5.92 Å². The van der Waals surface area contributed by atoms with Crippen LogP contribution in [0.3, 0.4) is 0 Å². The number of nitrogens with zero attached hydrogens (tertiary/aromatic N) is 2. The first-order valence-electron chi connectivity index (χ1n) is 8.99. The standard InChI is InChI=1S/C21H21ClN2O2/c1-14(15-5-3-2-4-6-15)24-13-17(12-20(24)25)21(26)23-10-9-16-11-18(22)7-8-19(16)23/h2-8,11,14,17H,9-10,12-13H2,1H3. The fourth-order valence-corrected chi connectivity index (χ4v) is 4.20. The molecule has 0 spiro atoms. The molecule has 134 valence electrons. The van der Waals surface area contributed by atoms with Gasteiger partial charge in [-0.1, -0.05) is 41.9 Å². The highest BCUT2D eigenvalue weighted by atomic mass is 35.5. The SMILES string of the molecule is CC(c1ccccc1)N1CC(C(=O)N2CCc3cc(Cl)ccc32)CC1=O. The van der Waals surface area contributed by atoms with Gasteiger partial charge in [0.25, 0.3) is 0 Å². The lowest BCUT2D eigenvalue weighted by Crippen LogP contribution is -2.36. The van der Waals surface area contributed by atoms with Crippen molar-refractivity contribution in [2.45, 2.75) is 25.8 Å². The Balaban J connectivity index is 1.50. The Bertz CT molecular complexity index is 852. The van der Waals surface area contributed by atoms with Crippen LogP contribution in [-0.4, -0.2) is 29.8 Å². The largest absolute Gasteiger partial charge is 0.335 e. The summed E-state index contributed by atoms with van der Waals surface area (Å²) >= 11 is 6.05. The number of likely N-dealkylation sites (tertiary alicyclic amines) is 1. The summed E-state index contributed by atoms with van der Waals surface area (Å²) in [6, 6.07) is 15.6. The van der Waals surface area contributed by atoms with Crippen molar-refractivity contribution in [1.82, 2.24) is 4.90 Å². The maximum absolute atomic E-state index is 13.1. The molecular formula is C21H21ClN2O2. The molecule has 0 bridgehead atoms. The molecule has 4 rings (SSSR count). The molecule has 2 aromatic rings. The van der Waals surface area contributed by atoms with Crippen LogP contribution in [0.25, 0.3) is 0 Å². The van der Waals surface area contributed by atoms with Crippen LogP contribution in [0.2, 0.25) is 5.02 Å². The maximum Gasteiger partial charge on any atom is 0.232 e. The molecule has 2 aliphatic heterocycles. The van der Waals surface area contributed by atoms with E-state index in [9.17, 15) is 9.59 Å². The van der Waals surface area contributed by atoms with E-state index in [1.807, 2.05) is 65.3 Å². The number of hydrogen-bond donors (Lipinski definition) is 0. The zero-order chi connectivity index (χ0) is 18.3. The quantitative estimate of drug-likeness (QED) is 0.825. The Kier molecular flexibility index (Phi) is 4.45. The van der Waals surface area contributed by atoms with E-state index in [-0.39, 0.29) is 30.2 Å². The summed E-state index contributed by atoms with van der Waals surface area (Å²) < 4.78 is 0. The van der Waals surface area contributed by atoms with E-state index >= 15 is 0 Å². The molecule has 2 unspecified atom stereocenters. The normalized spacial score (nSPS) is 20.4. The van der Waals surface area contributed by atoms with Crippen LogP contribution in [0.4, 0.5) is 5.69 Å². The number of fused-ring (bicyclic) bond motifs is 1. The Morgan fingerprint density at radius 2 is 1.96 bits per heavy atom. The molecule has 0 aliphatic carbocycles. The summed E-state index contributed by atoms with van der Waals surface area (Å²) in [5.74, 6) is -0.187. The second-order valence-electron chi connectivity index (χ2n) is 7.05. The van der Waals surface area contributed by atoms with Crippen LogP contribution in [-0.2, 0) is 16.0 Å². The van der Waals surface area contributed by atoms with Crippen molar-refractivity contribution < 1.29 is 9.59 Å². The first-order valence-corrected chi connectivity index (χ1v) is 9.36. The first-order chi connectivity index (χ1) is 12.5. The first kappa shape index (κ1) is 17.1. The van der Waals surface area contributed by atoms with E-state index < -0.39 is 0 Å². The molecule has 2 amide bonds. The van der Waals surface area contributed by atoms with Crippen molar-refractivity contribution in [1.29, 1.82) is 0 Å². The summed E-state index contributed by atoms with van der Waals surface area (Å²) in [7, 11) is 0. The minimum atomic E-state index is -0.282. The second-order valence-corrected chi connectivity index (χ2v) is 7.48. The number of benzene rings is 2. The van der Waals surface area contributed by atoms with Gasteiger partial charge in [-0.3, -0.25) is 9.59 Å². The van der Waals surface area contributed by atoms with Gasteiger partial charge in [0.05, 0.1) is 12.0 Å². The van der Waals surface area contributed by atoms with Gasteiger partial charge in [-0.2, -0.15) is 0 Å². The molecule has 2 atom stereocenters. The summed E-state index contributed by atoms with van der Waals surface area (Å²) in [5.41, 5.74) is 3.13. The highest BCUT2D eigenvalue weighted by Crippen LogP contribution is 2.34. The van der Waals surface area contributed by atoms with Gasteiger partial charge < -0.3 is 9.80 Å². The molecule has 0 N–H and O–H groups in total. The fraction of sp³-hybridized carbons (Fsp3) is 0.333. The van der Waals surface area contributed by atoms with Gasteiger partial charge in [-0.15, -0.1) is 0 Å². The zero-order valence-corrected chi connectivity index (χ0v) is 15.4. The number of hydrogen-bond acceptors (Lipinski definition) is 2. The van der Waals surface area contributed by atoms with E-state index in [1.165, 1.54) is 0 Å². The lowest BCUT2D eigenvalue weighted by atomic mass is 10.1. The summed E-state index contributed by atoms with van der Waals surface area (Å²) in [5, 5.41) is 0.692. The number of carbonyl (C=O) groups excluding carboxylic acids is 2. The maximum atomic E-state index is 13.1. The summed E-state index contributed by atoms with van der Waals surface area (Å²) in [6.45, 7) is 3.16. The van der Waals surface area contributed by atoms with E-state index in [4.69, 9.17) is 11.6 Å². The van der Waals surface area contributed by atoms with Gasteiger partial charge >= 0.3 is 0 Å². The van der Waals surface area contributed by atoms with Gasteiger partial charge in [0, 0.05) is 30.2 Å². The predicted octanol–water partition coefficient (Wildman–Crippen LogP) is 3.84. The topological polar surface area (TPSA) is 40.6 Å². The number of carbonyl (C=O) groups is 2. The number of rotatable bonds is 3. The lowest BCUT2D eigenvalue weighted by Gasteiger charge is -2.26. The van der Waals surface area contributed by atoms with Gasteiger partial charge in [0.2, 0.25) is 11.8 Å². The van der Waals surface area contributed by atoms with E-state index in [0.29, 0.717) is 18.1 Å². The van der Waals surface area contributed by atoms with Crippen molar-refractivity contribution in [3.8, 4) is 0 Å². The molecule has 1 fully saturated rings. The third-order valence-electron chi connectivity index (χ3n) is 5.46. The Morgan fingerprint density at radius 3 is 2.73 bits per heavy atom. The fourth-order valence-electron chi connectivity index (χ4n) is 4.00. The molecular weight excluding hydrogens is 348 g/mol. The highest BCUT2D eigenvalue weighted by molar-refractivity contribution is 6.30. The predicted molar refractivity (Wildman–Crippen MR) is 102 cm³/mol. The van der Waals surface area contributed by atoms with Crippen LogP contribution in [0.1, 0.15) is 30.5 Å². The Morgan fingerprint density at radius 1 is 1.19 bits per heavy atom. The molecule has 4 nitrogen and oxygen atoms in total. The van der Waals surface area contributed by atoms with Crippen LogP contribution >= 0.6 is 11.6 Å². The zero-order valence-electron chi connectivity index (χ0n) is 14.7. The van der Waals surface area contributed by atoms with E-state index in [1.54, 1.807) is 0 Å². The number of amides is 2. The molecule has 26 heavy (non-hydrogen) atoms. The van der Waals surface area contributed by atoms with Gasteiger partial charge in [0.15, 0.2) is 0 Å². The minimum absolute atomic E-state index is 0.0221. The molecule has 1 saturated heterocycles. The molecule has 2 heterocycles. The van der Waals surface area contributed by atoms with Crippen LogP contribution in [0.15, 0.2) is 48.5 Å². The third kappa shape index (κ3) is 2.99. The third-order valence-corrected chi connectivity index (χ3v) is 5.70. The smallest absolute Gasteiger partial charge is 0.232 e. The van der Waals surface area contributed by atoms with Crippen molar-refractivity contribution in [2.24, 2.45) is 5.92 Å². The summed E-state index contributed by atoms with van der Waals surface area (Å²) in [4.78, 5) is 29.3. The molecule has 2 aliphatic rings. The number of anilines is 1. The Hall–Kier alpha value is -2.33. The van der Waals surface area contributed by atoms with Gasteiger partial charge in [-0.05, 0) is 42.7 Å². The average Bonchev–Trinajstić information content (AvgIpc) is 3.24. The highest BCUT2D eigenvalue weighted by Gasteiger charge is 2.40. The van der Waals surface area contributed by atoms with Gasteiger partial charge in [0.1, 0.15) is 0 Å². The van der Waals surface area contributed by atoms with Crippen LogP contribution < -0.4 is 4.90 Å². The molecule has 0 aromatic heterocycles. The molecule has 5 heteroatoms. The molecule has 0 radical (unpaired) electrons. The number of halogens is 1. The molecule has 2 aromatic carbocycles. The van der Waals surface area contributed by atoms with Gasteiger partial charge in [-0.25, -0.2) is 0 Å². The Labute approximate surface area is 158 Å². The van der Waals surface area contributed by atoms with Crippen molar-refractivity contribution in [3.63, 3.8) is 0 Å². The van der Waals surface area contributed by atoms with E-state index in [0.717, 1.165) is 23.2 Å². The van der Waals surface area contributed by atoms with Crippen LogP contribution in [0.5, 0.6) is 0 Å². The van der Waals surface area contributed by atoms with Crippen molar-refractivity contribution in [3.05, 3.63) is 64.7 Å². The van der Waals surface area contributed by atoms with E-state index in [2.05, 4.69) is 0 Å². The average molecular weight is 369 g/mol. The van der Waals surface area contributed by atoms with Crippen molar-refractivity contribution in [2.75, 3.05) is 18.0 Å². The minimum Gasteiger partial charge on any atom is -0.335 e. The molecule has 0 saturated carbocycles. The summed E-state index contributed by atoms with van der Waals surface area (Å²) in [6.07, 6.45) is 1.10.